The number of benzene rings is 1. The number of carbonyl (C=O) groups is 1. The van der Waals surface area contributed by atoms with Crippen molar-refractivity contribution in [3.63, 3.8) is 0 Å². The van der Waals surface area contributed by atoms with Crippen molar-refractivity contribution < 1.29 is 9.90 Å². The van der Waals surface area contributed by atoms with Gasteiger partial charge in [0.15, 0.2) is 0 Å². The Morgan fingerprint density at radius 3 is 2.70 bits per heavy atom. The van der Waals surface area contributed by atoms with Crippen LogP contribution < -0.4 is 5.32 Å². The van der Waals surface area contributed by atoms with E-state index in [1.54, 1.807) is 6.08 Å². The number of nitrogens with one attached hydrogen (secondary N) is 2. The third-order valence-electron chi connectivity index (χ3n) is 5.06. The summed E-state index contributed by atoms with van der Waals surface area (Å²) in [6, 6.07) is 5.95. The van der Waals surface area contributed by atoms with Crippen molar-refractivity contribution in [1.82, 2.24) is 9.80 Å². The van der Waals surface area contributed by atoms with Gasteiger partial charge in [-0.15, -0.1) is 0 Å². The van der Waals surface area contributed by atoms with Crippen molar-refractivity contribution >= 4 is 23.8 Å². The second-order valence-electron chi connectivity index (χ2n) is 7.94. The van der Waals surface area contributed by atoms with Crippen LogP contribution in [-0.2, 0) is 11.3 Å². The number of aliphatic imine (C=N–C) groups is 1. The predicted molar refractivity (Wildman–Crippen MR) is 123 cm³/mol. The van der Waals surface area contributed by atoms with Crippen LogP contribution in [0.25, 0.3) is 0 Å². The number of hydrogen-bond acceptors (Lipinski definition) is 4. The monoisotopic (exact) mass is 413 g/mol. The van der Waals surface area contributed by atoms with E-state index >= 15 is 0 Å². The number of amides is 1. The molecule has 1 aliphatic carbocycles. The van der Waals surface area contributed by atoms with Crippen molar-refractivity contribution in [2.24, 2.45) is 10.9 Å². The highest BCUT2D eigenvalue weighted by Gasteiger charge is 2.25. The number of amidine groups is 1. The van der Waals surface area contributed by atoms with E-state index in [0.717, 1.165) is 49.2 Å². The van der Waals surface area contributed by atoms with Gasteiger partial charge in [0.1, 0.15) is 12.2 Å². The third kappa shape index (κ3) is 8.08. The fourth-order valence-electron chi connectivity index (χ4n) is 3.33. The van der Waals surface area contributed by atoms with Crippen LogP contribution in [0.5, 0.6) is 0 Å². The largest absolute Gasteiger partial charge is 0.395 e. The molecule has 0 radical (unpaired) electrons. The number of aliphatic hydroxyl groups excluding tert-OH is 1. The quantitative estimate of drug-likeness (QED) is 0.279. The molecule has 1 aliphatic rings. The Hall–Kier alpha value is -2.51. The molecule has 1 amide bonds. The summed E-state index contributed by atoms with van der Waals surface area (Å²) in [5, 5.41) is 19.3. The average molecular weight is 414 g/mol. The standard InChI is InChI=1S/C23H35N5O2/c1-4-11-28(16-19-5-6-19)22(25-17-24)9-10-23(30)26-21-8-7-20(14-18(21)2)15-27(3)12-13-29/h7-10,14,17,19,24,29H,4-6,11-13,15-16H2,1-3H3,(H,26,30)/b10-9+,24-17?,25-22+. The number of aliphatic hydroxyl groups is 1. The first-order valence-corrected chi connectivity index (χ1v) is 10.7. The van der Waals surface area contributed by atoms with Crippen LogP contribution in [0.2, 0.25) is 0 Å². The molecule has 3 N–H and O–H groups in total. The minimum Gasteiger partial charge on any atom is -0.395 e. The zero-order valence-corrected chi connectivity index (χ0v) is 18.4. The lowest BCUT2D eigenvalue weighted by Crippen LogP contribution is -2.32. The van der Waals surface area contributed by atoms with E-state index in [9.17, 15) is 4.79 Å². The maximum Gasteiger partial charge on any atom is 0.248 e. The van der Waals surface area contributed by atoms with Gasteiger partial charge in [0.05, 0.1) is 6.61 Å². The van der Waals surface area contributed by atoms with E-state index in [-0.39, 0.29) is 12.5 Å². The minimum absolute atomic E-state index is 0.134. The zero-order valence-electron chi connectivity index (χ0n) is 18.4. The number of carbonyl (C=O) groups excluding carboxylic acids is 1. The Kier molecular flexibility index (Phi) is 9.70. The summed E-state index contributed by atoms with van der Waals surface area (Å²) in [6.45, 7) is 7.38. The lowest BCUT2D eigenvalue weighted by atomic mass is 10.1. The second kappa shape index (κ2) is 12.2. The smallest absolute Gasteiger partial charge is 0.248 e. The fourth-order valence-corrected chi connectivity index (χ4v) is 3.33. The number of nitrogens with zero attached hydrogens (tertiary/aromatic N) is 3. The van der Waals surface area contributed by atoms with Gasteiger partial charge in [-0.3, -0.25) is 15.1 Å². The molecule has 0 aliphatic heterocycles. The molecule has 0 atom stereocenters. The van der Waals surface area contributed by atoms with Gasteiger partial charge < -0.3 is 15.3 Å². The molecule has 0 heterocycles. The first kappa shape index (κ1) is 23.8. The molecular formula is C23H35N5O2. The maximum absolute atomic E-state index is 12.5. The van der Waals surface area contributed by atoms with E-state index in [4.69, 9.17) is 10.5 Å². The van der Waals surface area contributed by atoms with Crippen LogP contribution in [0.15, 0.2) is 35.3 Å². The molecular weight excluding hydrogens is 378 g/mol. The van der Waals surface area contributed by atoms with Gasteiger partial charge in [0, 0.05) is 37.9 Å². The normalized spacial score (nSPS) is 14.4. The number of anilines is 1. The van der Waals surface area contributed by atoms with E-state index in [1.165, 1.54) is 18.9 Å². The molecule has 7 heteroatoms. The highest BCUT2D eigenvalue weighted by molar-refractivity contribution is 6.06. The fraction of sp³-hybridized carbons (Fsp3) is 0.522. The van der Waals surface area contributed by atoms with Crippen molar-refractivity contribution in [1.29, 1.82) is 5.41 Å². The molecule has 0 spiro atoms. The molecule has 7 nitrogen and oxygen atoms in total. The summed E-state index contributed by atoms with van der Waals surface area (Å²) in [7, 11) is 1.96. The first-order valence-electron chi connectivity index (χ1n) is 10.7. The second-order valence-corrected chi connectivity index (χ2v) is 7.94. The van der Waals surface area contributed by atoms with Crippen LogP contribution in [0.1, 0.15) is 37.3 Å². The molecule has 1 saturated carbocycles. The molecule has 1 aromatic rings. The minimum atomic E-state index is -0.219. The van der Waals surface area contributed by atoms with E-state index < -0.39 is 0 Å². The highest BCUT2D eigenvalue weighted by atomic mass is 16.3. The van der Waals surface area contributed by atoms with Gasteiger partial charge in [0.2, 0.25) is 5.91 Å². The summed E-state index contributed by atoms with van der Waals surface area (Å²) in [6.07, 6.45) is 7.69. The molecule has 0 aromatic heterocycles. The Labute approximate surface area is 180 Å². The van der Waals surface area contributed by atoms with E-state index in [1.807, 2.05) is 37.1 Å². The van der Waals surface area contributed by atoms with Crippen LogP contribution in [0.4, 0.5) is 5.69 Å². The van der Waals surface area contributed by atoms with Gasteiger partial charge in [0.25, 0.3) is 0 Å². The van der Waals surface area contributed by atoms with Crippen molar-refractivity contribution in [3.8, 4) is 0 Å². The Morgan fingerprint density at radius 1 is 1.33 bits per heavy atom. The molecule has 2 rings (SSSR count). The van der Waals surface area contributed by atoms with Gasteiger partial charge in [-0.1, -0.05) is 19.1 Å². The Bertz CT molecular complexity index is 771. The summed E-state index contributed by atoms with van der Waals surface area (Å²) in [5.74, 6) is 1.14. The summed E-state index contributed by atoms with van der Waals surface area (Å²) in [4.78, 5) is 20.8. The summed E-state index contributed by atoms with van der Waals surface area (Å²) in [5.41, 5.74) is 2.89. The van der Waals surface area contributed by atoms with Gasteiger partial charge in [-0.2, -0.15) is 0 Å². The summed E-state index contributed by atoms with van der Waals surface area (Å²) < 4.78 is 0. The third-order valence-corrected chi connectivity index (χ3v) is 5.06. The number of hydrogen-bond donors (Lipinski definition) is 3. The van der Waals surface area contributed by atoms with Crippen LogP contribution in [0.3, 0.4) is 0 Å². The molecule has 0 bridgehead atoms. The maximum atomic E-state index is 12.5. The first-order chi connectivity index (χ1) is 14.5. The van der Waals surface area contributed by atoms with Gasteiger partial charge >= 0.3 is 0 Å². The zero-order chi connectivity index (χ0) is 21.9. The average Bonchev–Trinajstić information content (AvgIpc) is 3.51. The number of rotatable bonds is 12. The van der Waals surface area contributed by atoms with Crippen molar-refractivity contribution in [3.05, 3.63) is 41.5 Å². The van der Waals surface area contributed by atoms with Gasteiger partial charge in [-0.25, -0.2) is 4.99 Å². The molecule has 30 heavy (non-hydrogen) atoms. The van der Waals surface area contributed by atoms with Crippen molar-refractivity contribution in [2.45, 2.75) is 39.7 Å². The topological polar surface area (TPSA) is 92.0 Å². The van der Waals surface area contributed by atoms with Crippen LogP contribution in [0, 0.1) is 18.3 Å². The molecule has 1 aromatic carbocycles. The van der Waals surface area contributed by atoms with E-state index in [0.29, 0.717) is 18.3 Å². The van der Waals surface area contributed by atoms with Crippen LogP contribution in [-0.4, -0.2) is 66.3 Å². The summed E-state index contributed by atoms with van der Waals surface area (Å²) >= 11 is 0. The number of aryl methyl sites for hydroxylation is 1. The predicted octanol–water partition coefficient (Wildman–Crippen LogP) is 3.04. The highest BCUT2D eigenvalue weighted by Crippen LogP contribution is 2.30. The molecule has 0 unspecified atom stereocenters. The lowest BCUT2D eigenvalue weighted by molar-refractivity contribution is -0.111. The Balaban J connectivity index is 2.00. The van der Waals surface area contributed by atoms with Gasteiger partial charge in [-0.05, 0) is 62.4 Å². The Morgan fingerprint density at radius 2 is 2.10 bits per heavy atom. The van der Waals surface area contributed by atoms with E-state index in [2.05, 4.69) is 22.1 Å². The number of likely N-dealkylation sites (N-methyl/N-ethyl adjacent to an activating group) is 1. The lowest BCUT2D eigenvalue weighted by Gasteiger charge is -2.23. The molecule has 164 valence electrons. The van der Waals surface area contributed by atoms with Crippen LogP contribution >= 0.6 is 0 Å². The molecule has 1 fully saturated rings. The van der Waals surface area contributed by atoms with Crippen molar-refractivity contribution in [2.75, 3.05) is 38.6 Å². The molecule has 0 saturated heterocycles. The SMILES string of the molecule is CCCN(CC1CC1)C(/C=C/C(=O)Nc1ccc(CN(C)CCO)cc1C)=N/C=N.